The van der Waals surface area contributed by atoms with Gasteiger partial charge in [0.1, 0.15) is 5.76 Å². The fourth-order valence-electron chi connectivity index (χ4n) is 3.76. The Morgan fingerprint density at radius 2 is 1.79 bits per heavy atom. The summed E-state index contributed by atoms with van der Waals surface area (Å²) in [5.41, 5.74) is 3.29. The van der Waals surface area contributed by atoms with E-state index >= 15 is 0 Å². The summed E-state index contributed by atoms with van der Waals surface area (Å²) in [6, 6.07) is 22.4. The van der Waals surface area contributed by atoms with Gasteiger partial charge < -0.3 is 9.73 Å². The molecule has 4 rings (SSSR count). The van der Waals surface area contributed by atoms with Gasteiger partial charge in [-0.3, -0.25) is 9.36 Å². The lowest BCUT2D eigenvalue weighted by Crippen LogP contribution is -2.29. The summed E-state index contributed by atoms with van der Waals surface area (Å²) in [6.45, 7) is 5.29. The van der Waals surface area contributed by atoms with Crippen molar-refractivity contribution >= 4 is 17.7 Å². The van der Waals surface area contributed by atoms with Crippen molar-refractivity contribution in [2.45, 2.75) is 37.9 Å². The minimum atomic E-state index is -0.00955. The molecule has 33 heavy (non-hydrogen) atoms. The molecule has 0 aliphatic heterocycles. The topological polar surface area (TPSA) is 73.0 Å². The van der Waals surface area contributed by atoms with Crippen molar-refractivity contribution in [1.82, 2.24) is 20.1 Å². The van der Waals surface area contributed by atoms with Gasteiger partial charge in [0, 0.05) is 12.5 Å². The van der Waals surface area contributed by atoms with E-state index in [1.54, 1.807) is 6.26 Å². The van der Waals surface area contributed by atoms with Crippen LogP contribution < -0.4 is 5.32 Å². The number of aromatic nitrogens is 3. The van der Waals surface area contributed by atoms with Crippen LogP contribution in [0.25, 0.3) is 11.4 Å². The maximum absolute atomic E-state index is 12.6. The number of furan rings is 1. The lowest BCUT2D eigenvalue weighted by Gasteiger charge is -2.16. The van der Waals surface area contributed by atoms with E-state index < -0.39 is 0 Å². The van der Waals surface area contributed by atoms with Crippen molar-refractivity contribution in [1.29, 1.82) is 0 Å². The molecule has 0 spiro atoms. The van der Waals surface area contributed by atoms with Crippen LogP contribution >= 0.6 is 11.8 Å². The molecule has 0 fully saturated rings. The fourth-order valence-corrected chi connectivity index (χ4v) is 4.53. The molecule has 0 aliphatic carbocycles. The molecule has 170 valence electrons. The first-order valence-electron chi connectivity index (χ1n) is 11.1. The Morgan fingerprint density at radius 3 is 2.45 bits per heavy atom. The Balaban J connectivity index is 1.44. The molecule has 0 radical (unpaired) electrons. The van der Waals surface area contributed by atoms with Gasteiger partial charge in [-0.25, -0.2) is 0 Å². The van der Waals surface area contributed by atoms with Crippen LogP contribution in [0.5, 0.6) is 0 Å². The average Bonchev–Trinajstić information content (AvgIpc) is 3.45. The molecule has 1 amide bonds. The predicted octanol–water partition coefficient (Wildman–Crippen LogP) is 5.30. The number of rotatable bonds is 10. The molecular weight excluding hydrogens is 432 g/mol. The van der Waals surface area contributed by atoms with Gasteiger partial charge in [0.15, 0.2) is 11.0 Å². The molecule has 0 aliphatic rings. The number of thioether (sulfide) groups is 1. The lowest BCUT2D eigenvalue weighted by molar-refractivity contribution is -0.118. The van der Waals surface area contributed by atoms with Crippen LogP contribution in [-0.4, -0.2) is 33.0 Å². The summed E-state index contributed by atoms with van der Waals surface area (Å²) in [4.78, 5) is 12.6. The summed E-state index contributed by atoms with van der Waals surface area (Å²) in [5, 5.41) is 12.6. The van der Waals surface area contributed by atoms with Gasteiger partial charge in [0.25, 0.3) is 0 Å². The van der Waals surface area contributed by atoms with Gasteiger partial charge in [0.05, 0.1) is 24.1 Å². The van der Waals surface area contributed by atoms with E-state index in [1.807, 2.05) is 54.0 Å². The van der Waals surface area contributed by atoms with E-state index in [0.29, 0.717) is 24.2 Å². The predicted molar refractivity (Wildman–Crippen MR) is 131 cm³/mol. The van der Waals surface area contributed by atoms with E-state index in [0.717, 1.165) is 29.1 Å². The second kappa shape index (κ2) is 11.0. The van der Waals surface area contributed by atoms with E-state index in [4.69, 9.17) is 4.42 Å². The maximum Gasteiger partial charge on any atom is 0.230 e. The largest absolute Gasteiger partial charge is 0.469 e. The normalized spacial score (nSPS) is 11.9. The lowest BCUT2D eigenvalue weighted by atomic mass is 9.96. The van der Waals surface area contributed by atoms with Gasteiger partial charge >= 0.3 is 0 Å². The van der Waals surface area contributed by atoms with Crippen LogP contribution in [0.1, 0.15) is 36.1 Å². The summed E-state index contributed by atoms with van der Waals surface area (Å²) in [7, 11) is 0. The molecule has 6 nitrogen and oxygen atoms in total. The third kappa shape index (κ3) is 5.73. The molecule has 0 bridgehead atoms. The van der Waals surface area contributed by atoms with E-state index in [9.17, 15) is 4.79 Å². The SMILES string of the molecule is CCC(CNC(=O)CSc1nnc(-c2ccoc2C)n1Cc1ccccc1)c1ccccc1. The molecule has 2 aromatic heterocycles. The Kier molecular flexibility index (Phi) is 7.62. The monoisotopic (exact) mass is 460 g/mol. The number of amides is 1. The molecule has 4 aromatic rings. The van der Waals surface area contributed by atoms with E-state index in [2.05, 4.69) is 46.7 Å². The van der Waals surface area contributed by atoms with Gasteiger partial charge in [0.2, 0.25) is 5.91 Å². The van der Waals surface area contributed by atoms with Gasteiger partial charge in [-0.15, -0.1) is 10.2 Å². The van der Waals surface area contributed by atoms with Crippen molar-refractivity contribution in [3.63, 3.8) is 0 Å². The van der Waals surface area contributed by atoms with Gasteiger partial charge in [-0.1, -0.05) is 79.3 Å². The summed E-state index contributed by atoms with van der Waals surface area (Å²) < 4.78 is 7.53. The van der Waals surface area contributed by atoms with E-state index in [-0.39, 0.29) is 11.7 Å². The van der Waals surface area contributed by atoms with Crippen LogP contribution in [-0.2, 0) is 11.3 Å². The van der Waals surface area contributed by atoms with Crippen LogP contribution in [0.2, 0.25) is 0 Å². The fraction of sp³-hybridized carbons (Fsp3) is 0.269. The van der Waals surface area contributed by atoms with Gasteiger partial charge in [-0.2, -0.15) is 0 Å². The summed E-state index contributed by atoms with van der Waals surface area (Å²) in [5.74, 6) is 2.10. The Bertz CT molecular complexity index is 1170. The van der Waals surface area contributed by atoms with Crippen molar-refractivity contribution < 1.29 is 9.21 Å². The number of benzene rings is 2. The van der Waals surface area contributed by atoms with E-state index in [1.165, 1.54) is 17.3 Å². The van der Waals surface area contributed by atoms with Crippen molar-refractivity contribution in [3.05, 3.63) is 89.9 Å². The molecule has 1 unspecified atom stereocenters. The highest BCUT2D eigenvalue weighted by Crippen LogP contribution is 2.28. The molecule has 2 heterocycles. The highest BCUT2D eigenvalue weighted by Gasteiger charge is 2.19. The quantitative estimate of drug-likeness (QED) is 0.325. The number of carbonyl (C=O) groups excluding carboxylic acids is 1. The molecule has 0 saturated carbocycles. The first-order valence-corrected chi connectivity index (χ1v) is 12.1. The Morgan fingerprint density at radius 1 is 1.06 bits per heavy atom. The standard InChI is InChI=1S/C26H28N4O2S/c1-3-21(22-12-8-5-9-13-22)16-27-24(31)18-33-26-29-28-25(23-14-15-32-19(23)2)30(26)17-20-10-6-4-7-11-20/h4-15,21H,3,16-18H2,1-2H3,(H,27,31). The molecule has 0 saturated heterocycles. The average molecular weight is 461 g/mol. The Hall–Kier alpha value is -3.32. The zero-order valence-corrected chi connectivity index (χ0v) is 19.7. The van der Waals surface area contributed by atoms with Crippen LogP contribution in [0.15, 0.2) is 82.6 Å². The molecular formula is C26H28N4O2S. The molecule has 1 atom stereocenters. The summed E-state index contributed by atoms with van der Waals surface area (Å²) in [6.07, 6.45) is 2.62. The number of nitrogens with one attached hydrogen (secondary N) is 1. The molecule has 7 heteroatoms. The van der Waals surface area contributed by atoms with Crippen LogP contribution in [0.3, 0.4) is 0 Å². The number of carbonyl (C=O) groups is 1. The van der Waals surface area contributed by atoms with Crippen molar-refractivity contribution in [2.75, 3.05) is 12.3 Å². The first-order chi connectivity index (χ1) is 16.2. The number of hydrogen-bond acceptors (Lipinski definition) is 5. The minimum Gasteiger partial charge on any atom is -0.469 e. The molecule has 1 N–H and O–H groups in total. The minimum absolute atomic E-state index is 0.00955. The smallest absolute Gasteiger partial charge is 0.230 e. The number of hydrogen-bond donors (Lipinski definition) is 1. The summed E-state index contributed by atoms with van der Waals surface area (Å²) >= 11 is 1.40. The second-order valence-corrected chi connectivity index (χ2v) is 8.82. The zero-order chi connectivity index (χ0) is 23.0. The third-order valence-electron chi connectivity index (χ3n) is 5.64. The molecule has 2 aromatic carbocycles. The first kappa shape index (κ1) is 22.9. The Labute approximate surface area is 198 Å². The van der Waals surface area contributed by atoms with Crippen molar-refractivity contribution in [3.8, 4) is 11.4 Å². The number of nitrogens with zero attached hydrogens (tertiary/aromatic N) is 3. The van der Waals surface area contributed by atoms with Gasteiger partial charge in [-0.05, 0) is 30.5 Å². The van der Waals surface area contributed by atoms with Crippen LogP contribution in [0, 0.1) is 6.92 Å². The van der Waals surface area contributed by atoms with Crippen molar-refractivity contribution in [2.24, 2.45) is 0 Å². The number of aryl methyl sites for hydroxylation is 1. The maximum atomic E-state index is 12.6. The van der Waals surface area contributed by atoms with Crippen LogP contribution in [0.4, 0.5) is 0 Å². The highest BCUT2D eigenvalue weighted by atomic mass is 32.2. The second-order valence-electron chi connectivity index (χ2n) is 7.88. The highest BCUT2D eigenvalue weighted by molar-refractivity contribution is 7.99. The zero-order valence-electron chi connectivity index (χ0n) is 18.9. The third-order valence-corrected chi connectivity index (χ3v) is 6.61.